The number of rotatable bonds is 7. The van der Waals surface area contributed by atoms with Crippen LogP contribution < -0.4 is 25.8 Å². The van der Waals surface area contributed by atoms with E-state index in [1.807, 2.05) is 0 Å². The van der Waals surface area contributed by atoms with Gasteiger partial charge in [0.2, 0.25) is 5.43 Å². The minimum atomic E-state index is -4.69. The largest absolute Gasteiger partial charge is 0.508 e. The smallest absolute Gasteiger partial charge is 0.339 e. The number of hydrogen-bond acceptors (Lipinski definition) is 11. The van der Waals surface area contributed by atoms with Crippen molar-refractivity contribution in [3.8, 4) is 17.2 Å². The van der Waals surface area contributed by atoms with Gasteiger partial charge in [0.1, 0.15) is 22.1 Å². The first-order valence-corrected chi connectivity index (χ1v) is 13.8. The molecule has 43 heavy (non-hydrogen) atoms. The predicted molar refractivity (Wildman–Crippen MR) is 152 cm³/mol. The third-order valence-electron chi connectivity index (χ3n) is 6.59. The molecule has 13 nitrogen and oxygen atoms in total. The Kier molecular flexibility index (Phi) is 7.56. The molecule has 212 valence electrons. The highest BCUT2D eigenvalue weighted by Gasteiger charge is 2.26. The van der Waals surface area contributed by atoms with Crippen LogP contribution in [0.2, 0.25) is 0 Å². The number of phenolic OH excluding ortho intramolecular Hbond substituents is 2. The van der Waals surface area contributed by atoms with Crippen LogP contribution >= 0.6 is 0 Å². The average molecular weight is 596 g/mol. The normalized spacial score (nSPS) is 12.4. The Labute approximate surface area is 241 Å². The zero-order valence-corrected chi connectivity index (χ0v) is 22.6. The summed E-state index contributed by atoms with van der Waals surface area (Å²) in [5, 5.41) is 38.5. The van der Waals surface area contributed by atoms with E-state index in [1.54, 1.807) is 60.7 Å². The topological polar surface area (TPSA) is 207 Å². The molecule has 0 fully saturated rings. The van der Waals surface area contributed by atoms with Crippen LogP contribution in [0.5, 0.6) is 17.2 Å². The fraction of sp³-hybridized carbons (Fsp3) is 0.0345. The van der Waals surface area contributed by atoms with Gasteiger partial charge >= 0.3 is 15.2 Å². The van der Waals surface area contributed by atoms with Crippen LogP contribution in [0.25, 0.3) is 15.9 Å². The molecule has 5 aromatic rings. The van der Waals surface area contributed by atoms with Crippen LogP contribution in [-0.2, 0) is 10.1 Å². The molecule has 14 heteroatoms. The molecule has 0 atom stereocenters. The Bertz CT molecular complexity index is 2210. The quantitative estimate of drug-likeness (QED) is 0.0633. The van der Waals surface area contributed by atoms with E-state index in [-0.39, 0.29) is 28.6 Å². The van der Waals surface area contributed by atoms with Gasteiger partial charge in [-0.2, -0.15) is 13.9 Å². The monoisotopic (exact) mass is 595 g/mol. The second-order valence-corrected chi connectivity index (χ2v) is 10.7. The van der Waals surface area contributed by atoms with Gasteiger partial charge in [0.15, 0.2) is 15.8 Å². The molecule has 0 aromatic heterocycles. The number of nitrogens with one attached hydrogen (secondary N) is 1. The van der Waals surface area contributed by atoms with Crippen LogP contribution in [0.15, 0.2) is 121 Å². The van der Waals surface area contributed by atoms with Gasteiger partial charge in [0, 0.05) is 16.7 Å². The number of aromatic hydroxyl groups is 2. The number of benzene rings is 5. The summed E-state index contributed by atoms with van der Waals surface area (Å²) < 4.78 is 32.4. The highest BCUT2D eigenvalue weighted by molar-refractivity contribution is 7.87. The lowest BCUT2D eigenvalue weighted by atomic mass is 9.85. The van der Waals surface area contributed by atoms with Crippen LogP contribution in [-0.4, -0.2) is 18.6 Å². The van der Waals surface area contributed by atoms with Crippen molar-refractivity contribution < 1.29 is 22.8 Å². The van der Waals surface area contributed by atoms with Crippen molar-refractivity contribution in [2.45, 2.75) is 10.8 Å². The first kappa shape index (κ1) is 28.5. The van der Waals surface area contributed by atoms with Gasteiger partial charge < -0.3 is 14.4 Å². The molecule has 0 bridgehead atoms. The molecule has 0 aliphatic carbocycles. The third-order valence-corrected chi connectivity index (χ3v) is 7.88. The Balaban J connectivity index is 1.60. The van der Waals surface area contributed by atoms with Gasteiger partial charge in [-0.1, -0.05) is 53.8 Å². The SMILES string of the molecule is N#[N+]N=c1c(=NN=N)c(=O)c(=O)c2cccc(S(=O)(=O)Oc3ccc(C(c4ccc(O)cc4)c4ccc(O)cc4)cc3)c12. The van der Waals surface area contributed by atoms with E-state index in [0.717, 1.165) is 22.8 Å². The highest BCUT2D eigenvalue weighted by atomic mass is 32.2. The molecule has 0 aliphatic rings. The van der Waals surface area contributed by atoms with Crippen molar-refractivity contribution >= 4 is 20.9 Å². The van der Waals surface area contributed by atoms with Gasteiger partial charge in [0.05, 0.1) is 0 Å². The highest BCUT2D eigenvalue weighted by Crippen LogP contribution is 2.35. The lowest BCUT2D eigenvalue weighted by Crippen LogP contribution is -2.48. The van der Waals surface area contributed by atoms with Crippen LogP contribution in [0.3, 0.4) is 0 Å². The van der Waals surface area contributed by atoms with Crippen LogP contribution in [0, 0.1) is 10.9 Å². The van der Waals surface area contributed by atoms with E-state index in [0.29, 0.717) is 0 Å². The van der Waals surface area contributed by atoms with E-state index in [1.165, 1.54) is 24.3 Å². The molecule has 3 N–H and O–H groups in total. The van der Waals surface area contributed by atoms with E-state index < -0.39 is 42.0 Å². The minimum Gasteiger partial charge on any atom is -0.508 e. The molecule has 0 heterocycles. The van der Waals surface area contributed by atoms with Crippen molar-refractivity contribution in [1.82, 2.24) is 0 Å². The average Bonchev–Trinajstić information content (AvgIpc) is 3.00. The first-order chi connectivity index (χ1) is 20.6. The molecular formula is C29H19N6O7S+. The van der Waals surface area contributed by atoms with Crippen LogP contribution in [0.4, 0.5) is 0 Å². The summed E-state index contributed by atoms with van der Waals surface area (Å²) in [4.78, 5) is 24.7. The summed E-state index contributed by atoms with van der Waals surface area (Å²) >= 11 is 0. The van der Waals surface area contributed by atoms with Crippen LogP contribution in [0.1, 0.15) is 22.6 Å². The van der Waals surface area contributed by atoms with Gasteiger partial charge in [-0.05, 0) is 59.2 Å². The van der Waals surface area contributed by atoms with Gasteiger partial charge in [0.25, 0.3) is 10.8 Å². The molecule has 5 rings (SSSR count). The fourth-order valence-electron chi connectivity index (χ4n) is 4.71. The van der Waals surface area contributed by atoms with E-state index in [9.17, 15) is 28.2 Å². The summed E-state index contributed by atoms with van der Waals surface area (Å²) in [6.45, 7) is 0. The standard InChI is InChI=1S/C29H18N6O7S/c30-34-32-26-25-22(28(38)29(39)27(26)33-35-31)2-1-3-23(25)43(40,41)42-21-14-8-18(9-15-21)24(16-4-10-19(36)11-5-16)17-6-12-20(37)13-7-17/h1-15,24,31H,(H-,36,37)/p+1. The molecule has 0 saturated carbocycles. The van der Waals surface area contributed by atoms with Gasteiger partial charge in [-0.25, -0.2) is 0 Å². The molecule has 0 saturated heterocycles. The number of hydrogen-bond donors (Lipinski definition) is 3. The number of fused-ring (bicyclic) bond motifs is 1. The second kappa shape index (κ2) is 11.4. The van der Waals surface area contributed by atoms with Crippen molar-refractivity contribution in [3.63, 3.8) is 0 Å². The second-order valence-electron chi connectivity index (χ2n) is 9.15. The van der Waals surface area contributed by atoms with Crippen molar-refractivity contribution in [1.29, 1.82) is 10.9 Å². The van der Waals surface area contributed by atoms with Gasteiger partial charge in [-0.15, -0.1) is 5.10 Å². The molecular weight excluding hydrogens is 576 g/mol. The van der Waals surface area contributed by atoms with Crippen molar-refractivity contribution in [2.75, 3.05) is 0 Å². The Morgan fingerprint density at radius 1 is 0.767 bits per heavy atom. The maximum absolute atomic E-state index is 13.5. The summed E-state index contributed by atoms with van der Waals surface area (Å²) in [7, 11) is -4.69. The summed E-state index contributed by atoms with van der Waals surface area (Å²) in [6, 6.07) is 22.8. The summed E-state index contributed by atoms with van der Waals surface area (Å²) in [5.74, 6) is -0.262. The maximum Gasteiger partial charge on any atom is 0.339 e. The molecule has 0 amide bonds. The molecule has 0 aliphatic heterocycles. The zero-order valence-electron chi connectivity index (χ0n) is 21.8. The Morgan fingerprint density at radius 3 is 1.81 bits per heavy atom. The lowest BCUT2D eigenvalue weighted by molar-refractivity contribution is 0.475. The van der Waals surface area contributed by atoms with E-state index in [2.05, 4.69) is 20.5 Å². The third kappa shape index (κ3) is 5.47. The zero-order chi connectivity index (χ0) is 30.7. The van der Waals surface area contributed by atoms with Crippen molar-refractivity contribution in [3.05, 3.63) is 144 Å². The van der Waals surface area contributed by atoms with Gasteiger partial charge in [-0.3, -0.25) is 9.59 Å². The van der Waals surface area contributed by atoms with Crippen molar-refractivity contribution in [2.24, 2.45) is 15.4 Å². The molecule has 0 unspecified atom stereocenters. The summed E-state index contributed by atoms with van der Waals surface area (Å²) in [6.07, 6.45) is 0. The predicted octanol–water partition coefficient (Wildman–Crippen LogP) is 3.31. The first-order valence-electron chi connectivity index (χ1n) is 12.4. The molecule has 5 aromatic carbocycles. The Morgan fingerprint density at radius 2 is 1.30 bits per heavy atom. The molecule has 0 spiro atoms. The fourth-order valence-corrected chi connectivity index (χ4v) is 5.87. The van der Waals surface area contributed by atoms with E-state index in [4.69, 9.17) is 15.1 Å². The number of diazo groups is 1. The Hall–Kier alpha value is -6.07. The maximum atomic E-state index is 13.5. The number of phenols is 2. The number of nitrogens with zero attached hydrogens (tertiary/aromatic N) is 5. The van der Waals surface area contributed by atoms with E-state index >= 15 is 0 Å². The molecule has 0 radical (unpaired) electrons. The lowest BCUT2D eigenvalue weighted by Gasteiger charge is -2.19. The minimum absolute atomic E-state index is 0.0877. The summed E-state index contributed by atoms with van der Waals surface area (Å²) in [5.41, 5.74) is 7.00.